The Morgan fingerprint density at radius 2 is 1.78 bits per heavy atom. The molecule has 0 spiro atoms. The minimum atomic E-state index is -3.43. The highest BCUT2D eigenvalue weighted by molar-refractivity contribution is 7.91. The van der Waals surface area contributed by atoms with Crippen LogP contribution in [0.4, 0.5) is 5.69 Å². The molecule has 1 atom stereocenters. The van der Waals surface area contributed by atoms with Gasteiger partial charge in [0.1, 0.15) is 18.5 Å². The highest BCUT2D eigenvalue weighted by Gasteiger charge is 2.43. The lowest BCUT2D eigenvalue weighted by atomic mass is 10.2. The smallest absolute Gasteiger partial charge is 0.306 e. The molecule has 150 valence electrons. The molecule has 7 heteroatoms. The van der Waals surface area contributed by atoms with E-state index in [4.69, 9.17) is 10.2 Å². The van der Waals surface area contributed by atoms with Gasteiger partial charge < -0.3 is 10.2 Å². The Kier molecular flexibility index (Phi) is 6.11. The van der Waals surface area contributed by atoms with E-state index in [1.54, 1.807) is 13.1 Å². The lowest BCUT2D eigenvalue weighted by Crippen LogP contribution is -2.51. The van der Waals surface area contributed by atoms with Gasteiger partial charge in [-0.25, -0.2) is 0 Å². The normalized spacial score (nSPS) is 21.1. The molecular formula is C20H33N2O3SSi+. The molecule has 2 N–H and O–H groups in total. The van der Waals surface area contributed by atoms with Gasteiger partial charge in [0.2, 0.25) is 8.32 Å². The molecule has 1 aliphatic heterocycles. The SMILES string of the molecule is CCS(=O)(=O)[N+]1(c2ccc(O[Si](C)(C)C(C)(C)C)cc2)C=C(CN)C=CC1. The third-order valence-electron chi connectivity index (χ3n) is 5.63. The van der Waals surface area contributed by atoms with Gasteiger partial charge in [0, 0.05) is 24.3 Å². The number of hydrogen-bond donors (Lipinski definition) is 1. The average molecular weight is 410 g/mol. The zero-order valence-corrected chi connectivity index (χ0v) is 19.1. The molecule has 0 radical (unpaired) electrons. The number of sulfonamides is 1. The zero-order chi connectivity index (χ0) is 20.5. The number of rotatable bonds is 6. The van der Waals surface area contributed by atoms with Crippen LogP contribution in [0.5, 0.6) is 5.75 Å². The summed E-state index contributed by atoms with van der Waals surface area (Å²) in [5.41, 5.74) is 7.30. The summed E-state index contributed by atoms with van der Waals surface area (Å²) in [5, 5.41) is 0.0986. The van der Waals surface area contributed by atoms with E-state index in [0.717, 1.165) is 11.3 Å². The fourth-order valence-corrected chi connectivity index (χ4v) is 5.37. The fraction of sp³-hybridized carbons (Fsp3) is 0.500. The molecule has 0 saturated carbocycles. The van der Waals surface area contributed by atoms with Crippen molar-refractivity contribution in [1.82, 2.24) is 3.89 Å². The van der Waals surface area contributed by atoms with E-state index in [9.17, 15) is 8.42 Å². The van der Waals surface area contributed by atoms with Gasteiger partial charge in [-0.1, -0.05) is 26.8 Å². The van der Waals surface area contributed by atoms with Crippen LogP contribution < -0.4 is 14.0 Å². The Hall–Kier alpha value is -1.41. The monoisotopic (exact) mass is 409 g/mol. The summed E-state index contributed by atoms with van der Waals surface area (Å²) < 4.78 is 32.1. The number of benzene rings is 1. The van der Waals surface area contributed by atoms with Crippen molar-refractivity contribution in [3.63, 3.8) is 0 Å². The standard InChI is InChI=1S/C20H33N2O3SSi/c1-7-26(23,24)22(14-8-9-17(15-21)16-22)18-10-12-19(13-11-18)25-27(5,6)20(2,3)4/h8-13,16H,7,14-15,21H2,1-6H3/q+1. The lowest BCUT2D eigenvalue weighted by Gasteiger charge is -2.37. The number of nitrogens with zero attached hydrogens (tertiary/aromatic N) is 1. The topological polar surface area (TPSA) is 69.4 Å². The minimum Gasteiger partial charge on any atom is -0.543 e. The number of quaternary nitrogens is 1. The summed E-state index contributed by atoms with van der Waals surface area (Å²) in [6.45, 7) is 13.3. The summed E-state index contributed by atoms with van der Waals surface area (Å²) in [4.78, 5) is 0. The highest BCUT2D eigenvalue weighted by Crippen LogP contribution is 2.39. The second kappa shape index (κ2) is 7.54. The maximum atomic E-state index is 13.0. The van der Waals surface area contributed by atoms with Crippen molar-refractivity contribution in [1.29, 1.82) is 0 Å². The first-order valence-electron chi connectivity index (χ1n) is 9.37. The van der Waals surface area contributed by atoms with Gasteiger partial charge in [-0.05, 0) is 43.3 Å². The van der Waals surface area contributed by atoms with Gasteiger partial charge in [-0.3, -0.25) is 0 Å². The summed E-state index contributed by atoms with van der Waals surface area (Å²) in [6.07, 6.45) is 5.55. The first-order valence-corrected chi connectivity index (χ1v) is 13.9. The van der Waals surface area contributed by atoms with Gasteiger partial charge in [0.05, 0.1) is 5.75 Å². The van der Waals surface area contributed by atoms with Crippen molar-refractivity contribution in [2.45, 2.75) is 45.8 Å². The van der Waals surface area contributed by atoms with Crippen LogP contribution >= 0.6 is 0 Å². The Morgan fingerprint density at radius 3 is 2.26 bits per heavy atom. The van der Waals surface area contributed by atoms with Crippen LogP contribution in [0, 0.1) is 0 Å². The van der Waals surface area contributed by atoms with Crippen LogP contribution in [0.25, 0.3) is 0 Å². The van der Waals surface area contributed by atoms with Gasteiger partial charge in [-0.15, -0.1) is 0 Å². The van der Waals surface area contributed by atoms with Gasteiger partial charge >= 0.3 is 10.0 Å². The van der Waals surface area contributed by atoms with Crippen molar-refractivity contribution in [3.05, 3.63) is 48.2 Å². The van der Waals surface area contributed by atoms with Crippen LogP contribution in [0.3, 0.4) is 0 Å². The number of nitrogens with two attached hydrogens (primary N) is 1. The second-order valence-electron chi connectivity index (χ2n) is 8.52. The maximum absolute atomic E-state index is 13.0. The van der Waals surface area contributed by atoms with Crippen LogP contribution in [0.1, 0.15) is 27.7 Å². The fourth-order valence-electron chi connectivity index (χ4n) is 2.82. The Morgan fingerprint density at radius 1 is 1.19 bits per heavy atom. The molecule has 0 amide bonds. The molecule has 5 nitrogen and oxygen atoms in total. The predicted octanol–water partition coefficient (Wildman–Crippen LogP) is 4.14. The molecule has 1 unspecified atom stereocenters. The quantitative estimate of drug-likeness (QED) is 0.566. The van der Waals surface area contributed by atoms with Gasteiger partial charge in [-0.2, -0.15) is 12.3 Å². The van der Waals surface area contributed by atoms with Crippen LogP contribution in [0.2, 0.25) is 18.1 Å². The zero-order valence-electron chi connectivity index (χ0n) is 17.3. The molecule has 0 bridgehead atoms. The molecule has 2 rings (SSSR count). The van der Waals surface area contributed by atoms with Crippen molar-refractivity contribution in [2.24, 2.45) is 5.73 Å². The average Bonchev–Trinajstić information content (AvgIpc) is 2.60. The third kappa shape index (κ3) is 4.21. The Balaban J connectivity index is 2.46. The van der Waals surface area contributed by atoms with Crippen molar-refractivity contribution < 1.29 is 12.8 Å². The summed E-state index contributed by atoms with van der Waals surface area (Å²) in [7, 11) is -5.37. The molecule has 0 saturated heterocycles. The van der Waals surface area contributed by atoms with E-state index in [1.807, 2.05) is 36.4 Å². The molecule has 0 aromatic heterocycles. The van der Waals surface area contributed by atoms with Gasteiger partial charge in [0.15, 0.2) is 5.69 Å². The van der Waals surface area contributed by atoms with Crippen molar-refractivity contribution in [3.8, 4) is 5.75 Å². The molecule has 27 heavy (non-hydrogen) atoms. The third-order valence-corrected chi connectivity index (χ3v) is 12.2. The lowest BCUT2D eigenvalue weighted by molar-refractivity contribution is 0.490. The molecule has 0 aliphatic carbocycles. The molecule has 1 aliphatic rings. The molecule has 1 aromatic carbocycles. The summed E-state index contributed by atoms with van der Waals surface area (Å²) in [5.74, 6) is 0.838. The summed E-state index contributed by atoms with van der Waals surface area (Å²) >= 11 is 0. The van der Waals surface area contributed by atoms with Crippen LogP contribution in [-0.4, -0.2) is 35.6 Å². The first-order chi connectivity index (χ1) is 12.4. The Bertz CT molecular complexity index is 837. The minimum absolute atomic E-state index is 0.0530. The summed E-state index contributed by atoms with van der Waals surface area (Å²) in [6, 6.07) is 7.49. The van der Waals surface area contributed by atoms with Crippen LogP contribution in [0.15, 0.2) is 48.2 Å². The highest BCUT2D eigenvalue weighted by atomic mass is 32.2. The van der Waals surface area contributed by atoms with Crippen molar-refractivity contribution >= 4 is 24.0 Å². The Labute approximate surface area is 165 Å². The molecule has 1 aromatic rings. The second-order valence-corrected chi connectivity index (χ2v) is 15.6. The van der Waals surface area contributed by atoms with E-state index in [-0.39, 0.29) is 14.7 Å². The molecular weight excluding hydrogens is 376 g/mol. The van der Waals surface area contributed by atoms with E-state index < -0.39 is 18.3 Å². The van der Waals surface area contributed by atoms with Crippen molar-refractivity contribution in [2.75, 3.05) is 18.8 Å². The van der Waals surface area contributed by atoms with E-state index in [1.165, 1.54) is 0 Å². The predicted molar refractivity (Wildman–Crippen MR) is 117 cm³/mol. The first kappa shape index (κ1) is 21.9. The van der Waals surface area contributed by atoms with Crippen LogP contribution in [-0.2, 0) is 10.0 Å². The van der Waals surface area contributed by atoms with E-state index in [0.29, 0.717) is 18.8 Å². The van der Waals surface area contributed by atoms with E-state index in [2.05, 4.69) is 33.9 Å². The molecule has 1 heterocycles. The number of hydrogen-bond acceptors (Lipinski definition) is 4. The van der Waals surface area contributed by atoms with E-state index >= 15 is 0 Å². The largest absolute Gasteiger partial charge is 0.543 e. The maximum Gasteiger partial charge on any atom is 0.306 e. The molecule has 0 fully saturated rings. The van der Waals surface area contributed by atoms with Gasteiger partial charge in [0.25, 0.3) is 0 Å².